The highest BCUT2D eigenvalue weighted by Gasteiger charge is 2.12. The number of hydrogen-bond acceptors (Lipinski definition) is 4. The maximum Gasteiger partial charge on any atom is 0.340 e. The molecule has 5 nitrogen and oxygen atoms in total. The van der Waals surface area contributed by atoms with E-state index in [-0.39, 0.29) is 17.7 Å². The summed E-state index contributed by atoms with van der Waals surface area (Å²) in [5.41, 5.74) is 0.873. The third-order valence-electron chi connectivity index (χ3n) is 3.12. The number of fused-ring (bicyclic) bond motifs is 1. The van der Waals surface area contributed by atoms with Gasteiger partial charge in [0.2, 0.25) is 0 Å². The highest BCUT2D eigenvalue weighted by atomic mass is 79.9. The molecule has 0 fully saturated rings. The molecule has 0 saturated heterocycles. The Hall–Kier alpha value is -2.18. The lowest BCUT2D eigenvalue weighted by Crippen LogP contribution is -2.16. The first-order chi connectivity index (χ1) is 11.0. The van der Waals surface area contributed by atoms with E-state index in [9.17, 15) is 9.59 Å². The van der Waals surface area contributed by atoms with Gasteiger partial charge in [-0.15, -0.1) is 0 Å². The van der Waals surface area contributed by atoms with Gasteiger partial charge in [0.05, 0.1) is 16.3 Å². The lowest BCUT2D eigenvalue weighted by molar-refractivity contribution is 0.0468. The minimum atomic E-state index is -0.562. The largest absolute Gasteiger partial charge is 0.456 e. The Morgan fingerprint density at radius 3 is 2.83 bits per heavy atom. The van der Waals surface area contributed by atoms with Crippen molar-refractivity contribution < 1.29 is 9.53 Å². The van der Waals surface area contributed by atoms with Crippen molar-refractivity contribution in [2.45, 2.75) is 6.61 Å². The van der Waals surface area contributed by atoms with E-state index in [0.29, 0.717) is 16.4 Å². The van der Waals surface area contributed by atoms with Crippen molar-refractivity contribution in [3.8, 4) is 0 Å². The number of carbonyl (C=O) groups is 1. The highest BCUT2D eigenvalue weighted by molar-refractivity contribution is 9.10. The van der Waals surface area contributed by atoms with Gasteiger partial charge in [-0.2, -0.15) is 0 Å². The van der Waals surface area contributed by atoms with Gasteiger partial charge in [-0.1, -0.05) is 23.7 Å². The molecule has 1 aromatic carbocycles. The lowest BCUT2D eigenvalue weighted by Gasteiger charge is -2.07. The van der Waals surface area contributed by atoms with E-state index in [4.69, 9.17) is 16.3 Å². The summed E-state index contributed by atoms with van der Waals surface area (Å²) in [6.07, 6.45) is 1.63. The van der Waals surface area contributed by atoms with Crippen LogP contribution in [0.5, 0.6) is 0 Å². The number of halogens is 2. The maximum atomic E-state index is 12.1. The number of aromatic nitrogens is 2. The zero-order valence-electron chi connectivity index (χ0n) is 11.7. The SMILES string of the molecule is O=C(OCc1cc(=O)n2cc(Br)ccc2n1)c1ccccc1Cl. The number of rotatable bonds is 3. The van der Waals surface area contributed by atoms with Gasteiger partial charge in [-0.3, -0.25) is 9.20 Å². The van der Waals surface area contributed by atoms with Crippen molar-refractivity contribution in [3.63, 3.8) is 0 Å². The van der Waals surface area contributed by atoms with Crippen molar-refractivity contribution in [2.75, 3.05) is 0 Å². The number of carbonyl (C=O) groups excluding carboxylic acids is 1. The Morgan fingerprint density at radius 1 is 1.26 bits per heavy atom. The second-order valence-electron chi connectivity index (χ2n) is 4.72. The molecule has 0 radical (unpaired) electrons. The molecule has 0 aliphatic heterocycles. The van der Waals surface area contributed by atoms with Crippen LogP contribution in [0.3, 0.4) is 0 Å². The molecule has 3 rings (SSSR count). The zero-order valence-corrected chi connectivity index (χ0v) is 14.0. The van der Waals surface area contributed by atoms with E-state index in [1.165, 1.54) is 10.5 Å². The fourth-order valence-corrected chi connectivity index (χ4v) is 2.59. The fourth-order valence-electron chi connectivity index (χ4n) is 2.04. The molecule has 2 heterocycles. The molecule has 0 aliphatic rings. The number of pyridine rings is 1. The van der Waals surface area contributed by atoms with E-state index >= 15 is 0 Å². The normalized spacial score (nSPS) is 10.7. The Bertz CT molecular complexity index is 955. The average Bonchev–Trinajstić information content (AvgIpc) is 2.54. The van der Waals surface area contributed by atoms with Crippen LogP contribution in [-0.2, 0) is 11.3 Å². The van der Waals surface area contributed by atoms with E-state index < -0.39 is 5.97 Å². The second-order valence-corrected chi connectivity index (χ2v) is 6.04. The lowest BCUT2D eigenvalue weighted by atomic mass is 10.2. The van der Waals surface area contributed by atoms with Crippen LogP contribution in [0.25, 0.3) is 5.65 Å². The van der Waals surface area contributed by atoms with Gasteiger partial charge in [0, 0.05) is 16.7 Å². The van der Waals surface area contributed by atoms with E-state index in [0.717, 1.165) is 4.47 Å². The molecule has 3 aromatic rings. The number of hydrogen-bond donors (Lipinski definition) is 0. The minimum absolute atomic E-state index is 0.105. The molecule has 0 saturated carbocycles. The molecule has 0 bridgehead atoms. The topological polar surface area (TPSA) is 60.7 Å². The van der Waals surface area contributed by atoms with Crippen LogP contribution >= 0.6 is 27.5 Å². The van der Waals surface area contributed by atoms with Crippen molar-refractivity contribution in [1.29, 1.82) is 0 Å². The molecule has 0 N–H and O–H groups in total. The van der Waals surface area contributed by atoms with Crippen molar-refractivity contribution >= 4 is 39.1 Å². The molecule has 7 heteroatoms. The summed E-state index contributed by atoms with van der Waals surface area (Å²) in [6.45, 7) is -0.105. The zero-order chi connectivity index (χ0) is 16.4. The van der Waals surface area contributed by atoms with Crippen LogP contribution in [0, 0.1) is 0 Å². The summed E-state index contributed by atoms with van der Waals surface area (Å²) in [4.78, 5) is 28.4. The Labute approximate surface area is 144 Å². The minimum Gasteiger partial charge on any atom is -0.456 e. The van der Waals surface area contributed by atoms with E-state index in [1.807, 2.05) is 0 Å². The predicted molar refractivity (Wildman–Crippen MR) is 89.7 cm³/mol. The van der Waals surface area contributed by atoms with Crippen molar-refractivity contribution in [1.82, 2.24) is 9.38 Å². The average molecular weight is 394 g/mol. The van der Waals surface area contributed by atoms with Crippen LogP contribution < -0.4 is 5.56 Å². The molecule has 0 spiro atoms. The first kappa shape index (κ1) is 15.7. The third-order valence-corrected chi connectivity index (χ3v) is 3.92. The molecular weight excluding hydrogens is 384 g/mol. The summed E-state index contributed by atoms with van der Waals surface area (Å²) >= 11 is 9.24. The van der Waals surface area contributed by atoms with Crippen molar-refractivity contribution in [2.24, 2.45) is 0 Å². The van der Waals surface area contributed by atoms with Crippen LogP contribution in [0.15, 0.2) is 57.9 Å². The van der Waals surface area contributed by atoms with Gasteiger partial charge in [0.1, 0.15) is 12.3 Å². The van der Waals surface area contributed by atoms with Crippen LogP contribution in [0.4, 0.5) is 0 Å². The number of esters is 1. The summed E-state index contributed by atoms with van der Waals surface area (Å²) in [5, 5.41) is 0.314. The van der Waals surface area contributed by atoms with Gasteiger partial charge in [-0.25, -0.2) is 9.78 Å². The smallest absolute Gasteiger partial charge is 0.340 e. The van der Waals surface area contributed by atoms with Gasteiger partial charge in [0.25, 0.3) is 5.56 Å². The van der Waals surface area contributed by atoms with Crippen LogP contribution in [0.1, 0.15) is 16.1 Å². The van der Waals surface area contributed by atoms with Crippen LogP contribution in [0.2, 0.25) is 5.02 Å². The monoisotopic (exact) mass is 392 g/mol. The Morgan fingerprint density at radius 2 is 2.04 bits per heavy atom. The summed E-state index contributed by atoms with van der Waals surface area (Å²) in [5.74, 6) is -0.562. The van der Waals surface area contributed by atoms with Gasteiger partial charge >= 0.3 is 5.97 Å². The van der Waals surface area contributed by atoms with Gasteiger partial charge < -0.3 is 4.74 Å². The molecule has 0 unspecified atom stereocenters. The summed E-state index contributed by atoms with van der Waals surface area (Å²) in [6, 6.07) is 11.4. The maximum absolute atomic E-state index is 12.1. The first-order valence-corrected chi connectivity index (χ1v) is 7.81. The molecule has 0 aliphatic carbocycles. The fraction of sp³-hybridized carbons (Fsp3) is 0.0625. The third kappa shape index (κ3) is 3.43. The molecule has 116 valence electrons. The first-order valence-electron chi connectivity index (χ1n) is 6.64. The molecule has 0 atom stereocenters. The van der Waals surface area contributed by atoms with Gasteiger partial charge in [0.15, 0.2) is 0 Å². The number of benzene rings is 1. The standard InChI is InChI=1S/C16H10BrClN2O3/c17-10-5-6-14-19-11(7-15(21)20(14)8-10)9-23-16(22)12-3-1-2-4-13(12)18/h1-8H,9H2. The Kier molecular flexibility index (Phi) is 4.45. The quantitative estimate of drug-likeness (QED) is 0.639. The van der Waals surface area contributed by atoms with E-state index in [2.05, 4.69) is 20.9 Å². The van der Waals surface area contributed by atoms with Crippen molar-refractivity contribution in [3.05, 3.63) is 79.8 Å². The van der Waals surface area contributed by atoms with Gasteiger partial charge in [-0.05, 0) is 40.2 Å². The molecule has 2 aromatic heterocycles. The van der Waals surface area contributed by atoms with Crippen LogP contribution in [-0.4, -0.2) is 15.4 Å². The van der Waals surface area contributed by atoms with E-state index in [1.54, 1.807) is 42.6 Å². The predicted octanol–water partition coefficient (Wildman–Crippen LogP) is 3.47. The molecule has 23 heavy (non-hydrogen) atoms. The second kappa shape index (κ2) is 6.52. The highest BCUT2D eigenvalue weighted by Crippen LogP contribution is 2.16. The number of nitrogens with zero attached hydrogens (tertiary/aromatic N) is 2. The number of ether oxygens (including phenoxy) is 1. The molecule has 0 amide bonds. The molecular formula is C16H10BrClN2O3. The Balaban J connectivity index is 1.82. The summed E-state index contributed by atoms with van der Waals surface area (Å²) in [7, 11) is 0. The summed E-state index contributed by atoms with van der Waals surface area (Å²) < 4.78 is 7.36.